The van der Waals surface area contributed by atoms with E-state index in [2.05, 4.69) is 0 Å². The van der Waals surface area contributed by atoms with Gasteiger partial charge in [-0.2, -0.15) is 0 Å². The molecular weight excluding hydrogens is 308 g/mol. The Hall–Kier alpha value is -2.69. The first-order valence-electron chi connectivity index (χ1n) is 7.47. The number of hydrogen-bond donors (Lipinski definition) is 0. The minimum atomic E-state index is -0.201. The highest BCUT2D eigenvalue weighted by Crippen LogP contribution is 2.41. The van der Waals surface area contributed by atoms with Gasteiger partial charge in [0.1, 0.15) is 5.75 Å². The molecule has 24 heavy (non-hydrogen) atoms. The summed E-state index contributed by atoms with van der Waals surface area (Å²) >= 11 is 0. The number of benzene rings is 2. The van der Waals surface area contributed by atoms with Gasteiger partial charge in [0.2, 0.25) is 11.5 Å². The Morgan fingerprint density at radius 2 is 1.25 bits per heavy atom. The summed E-state index contributed by atoms with van der Waals surface area (Å²) in [6, 6.07) is 7.01. The van der Waals surface area contributed by atoms with Crippen LogP contribution in [0, 0.1) is 13.8 Å². The van der Waals surface area contributed by atoms with Gasteiger partial charge in [-0.3, -0.25) is 4.79 Å². The summed E-state index contributed by atoms with van der Waals surface area (Å²) in [6.45, 7) is 3.90. The van der Waals surface area contributed by atoms with Crippen LogP contribution in [0.2, 0.25) is 0 Å². The highest BCUT2D eigenvalue weighted by molar-refractivity contribution is 6.13. The van der Waals surface area contributed by atoms with Crippen molar-refractivity contribution in [1.29, 1.82) is 0 Å². The van der Waals surface area contributed by atoms with Gasteiger partial charge in [0.05, 0.1) is 39.6 Å². The fourth-order valence-corrected chi connectivity index (χ4v) is 2.66. The third-order valence-corrected chi connectivity index (χ3v) is 4.07. The topological polar surface area (TPSA) is 54.0 Å². The number of carbonyl (C=O) groups is 1. The molecular formula is C19H22O5. The quantitative estimate of drug-likeness (QED) is 0.758. The summed E-state index contributed by atoms with van der Waals surface area (Å²) < 4.78 is 21.5. The van der Waals surface area contributed by atoms with Gasteiger partial charge >= 0.3 is 0 Å². The standard InChI is InChI=1S/C19H22O5/c1-11-7-8-13(17(22-4)12(11)2)16(20)14-9-10-15(21-3)19(24-6)18(14)23-5/h7-10H,1-6H3. The fourth-order valence-electron chi connectivity index (χ4n) is 2.66. The molecule has 0 unspecified atom stereocenters. The molecule has 0 saturated heterocycles. The first kappa shape index (κ1) is 17.7. The lowest BCUT2D eigenvalue weighted by atomic mass is 9.96. The Morgan fingerprint density at radius 3 is 1.79 bits per heavy atom. The number of ketones is 1. The van der Waals surface area contributed by atoms with Gasteiger partial charge in [0.25, 0.3) is 0 Å². The molecule has 0 heterocycles. The van der Waals surface area contributed by atoms with Crippen LogP contribution in [-0.2, 0) is 0 Å². The molecule has 0 radical (unpaired) electrons. The normalized spacial score (nSPS) is 10.2. The molecule has 0 aromatic heterocycles. The van der Waals surface area contributed by atoms with Crippen molar-refractivity contribution in [3.63, 3.8) is 0 Å². The summed E-state index contributed by atoms with van der Waals surface area (Å²) in [4.78, 5) is 13.1. The summed E-state index contributed by atoms with van der Waals surface area (Å²) in [5.41, 5.74) is 2.85. The van der Waals surface area contributed by atoms with Crippen LogP contribution in [0.3, 0.4) is 0 Å². The van der Waals surface area contributed by atoms with Crippen LogP contribution in [0.1, 0.15) is 27.0 Å². The van der Waals surface area contributed by atoms with Gasteiger partial charge in [-0.25, -0.2) is 0 Å². The van der Waals surface area contributed by atoms with Gasteiger partial charge < -0.3 is 18.9 Å². The average molecular weight is 330 g/mol. The number of methoxy groups -OCH3 is 4. The lowest BCUT2D eigenvalue weighted by Crippen LogP contribution is -2.09. The minimum Gasteiger partial charge on any atom is -0.496 e. The lowest BCUT2D eigenvalue weighted by molar-refractivity contribution is 0.103. The van der Waals surface area contributed by atoms with E-state index in [1.807, 2.05) is 19.9 Å². The van der Waals surface area contributed by atoms with Crippen molar-refractivity contribution in [3.05, 3.63) is 46.5 Å². The number of hydrogen-bond acceptors (Lipinski definition) is 5. The van der Waals surface area contributed by atoms with Gasteiger partial charge in [0, 0.05) is 0 Å². The van der Waals surface area contributed by atoms with E-state index in [1.165, 1.54) is 21.3 Å². The molecule has 0 N–H and O–H groups in total. The van der Waals surface area contributed by atoms with Crippen LogP contribution < -0.4 is 18.9 Å². The second-order valence-electron chi connectivity index (χ2n) is 5.30. The number of ether oxygens (including phenoxy) is 4. The molecule has 2 aromatic rings. The van der Waals surface area contributed by atoms with Crippen molar-refractivity contribution in [1.82, 2.24) is 0 Å². The van der Waals surface area contributed by atoms with E-state index in [-0.39, 0.29) is 5.78 Å². The molecule has 128 valence electrons. The SMILES string of the molecule is COc1ccc(C(=O)c2ccc(C)c(C)c2OC)c(OC)c1OC. The maximum atomic E-state index is 13.1. The van der Waals surface area contributed by atoms with E-state index < -0.39 is 0 Å². The Kier molecular flexibility index (Phi) is 5.34. The van der Waals surface area contributed by atoms with Gasteiger partial charge in [0.15, 0.2) is 11.5 Å². The molecule has 0 atom stereocenters. The zero-order valence-electron chi connectivity index (χ0n) is 14.9. The number of aryl methyl sites for hydroxylation is 1. The molecule has 0 amide bonds. The summed E-state index contributed by atoms with van der Waals surface area (Å²) in [5, 5.41) is 0. The lowest BCUT2D eigenvalue weighted by Gasteiger charge is -2.17. The predicted octanol–water partition coefficient (Wildman–Crippen LogP) is 3.57. The predicted molar refractivity (Wildman–Crippen MR) is 92.0 cm³/mol. The van der Waals surface area contributed by atoms with Gasteiger partial charge in [-0.15, -0.1) is 0 Å². The van der Waals surface area contributed by atoms with Crippen LogP contribution in [-0.4, -0.2) is 34.2 Å². The van der Waals surface area contributed by atoms with Crippen molar-refractivity contribution in [2.75, 3.05) is 28.4 Å². The van der Waals surface area contributed by atoms with Gasteiger partial charge in [-0.05, 0) is 43.2 Å². The molecule has 0 fully saturated rings. The van der Waals surface area contributed by atoms with E-state index >= 15 is 0 Å². The molecule has 0 bridgehead atoms. The third-order valence-electron chi connectivity index (χ3n) is 4.07. The zero-order valence-corrected chi connectivity index (χ0v) is 14.9. The summed E-state index contributed by atoms with van der Waals surface area (Å²) in [5.74, 6) is 1.58. The van der Waals surface area contributed by atoms with Crippen LogP contribution in [0.4, 0.5) is 0 Å². The first-order valence-corrected chi connectivity index (χ1v) is 7.47. The Balaban J connectivity index is 2.65. The second-order valence-corrected chi connectivity index (χ2v) is 5.30. The number of rotatable bonds is 6. The molecule has 2 rings (SSSR count). The minimum absolute atomic E-state index is 0.201. The Morgan fingerprint density at radius 1 is 0.708 bits per heavy atom. The molecule has 0 aliphatic carbocycles. The molecule has 0 spiro atoms. The van der Waals surface area contributed by atoms with E-state index in [0.717, 1.165) is 11.1 Å². The Labute approximate surface area is 142 Å². The average Bonchev–Trinajstić information content (AvgIpc) is 2.61. The van der Waals surface area contributed by atoms with Crippen LogP contribution in [0.5, 0.6) is 23.0 Å². The maximum Gasteiger partial charge on any atom is 0.204 e. The van der Waals surface area contributed by atoms with Crippen molar-refractivity contribution in [2.45, 2.75) is 13.8 Å². The second kappa shape index (κ2) is 7.25. The van der Waals surface area contributed by atoms with E-state index in [1.54, 1.807) is 25.3 Å². The smallest absolute Gasteiger partial charge is 0.204 e. The molecule has 5 nitrogen and oxygen atoms in total. The van der Waals surface area contributed by atoms with Crippen LogP contribution in [0.25, 0.3) is 0 Å². The zero-order chi connectivity index (χ0) is 17.9. The largest absolute Gasteiger partial charge is 0.496 e. The summed E-state index contributed by atoms with van der Waals surface area (Å²) in [6.07, 6.45) is 0. The fraction of sp³-hybridized carbons (Fsp3) is 0.316. The van der Waals surface area contributed by atoms with Gasteiger partial charge in [-0.1, -0.05) is 6.07 Å². The van der Waals surface area contributed by atoms with Crippen molar-refractivity contribution >= 4 is 5.78 Å². The molecule has 0 aliphatic rings. The van der Waals surface area contributed by atoms with Crippen molar-refractivity contribution in [3.8, 4) is 23.0 Å². The number of carbonyl (C=O) groups excluding carboxylic acids is 1. The Bertz CT molecular complexity index is 765. The molecule has 2 aromatic carbocycles. The highest BCUT2D eigenvalue weighted by atomic mass is 16.5. The van der Waals surface area contributed by atoms with E-state index in [9.17, 15) is 4.79 Å². The van der Waals surface area contributed by atoms with Crippen LogP contribution in [0.15, 0.2) is 24.3 Å². The first-order chi connectivity index (χ1) is 11.5. The van der Waals surface area contributed by atoms with Crippen LogP contribution >= 0.6 is 0 Å². The van der Waals surface area contributed by atoms with Crippen molar-refractivity contribution < 1.29 is 23.7 Å². The van der Waals surface area contributed by atoms with Crippen molar-refractivity contribution in [2.24, 2.45) is 0 Å². The third kappa shape index (κ3) is 2.89. The molecule has 0 aliphatic heterocycles. The monoisotopic (exact) mass is 330 g/mol. The molecule has 0 saturated carbocycles. The summed E-state index contributed by atoms with van der Waals surface area (Å²) in [7, 11) is 6.09. The molecule has 5 heteroatoms. The maximum absolute atomic E-state index is 13.1. The van der Waals surface area contributed by atoms with E-state index in [4.69, 9.17) is 18.9 Å². The van der Waals surface area contributed by atoms with E-state index in [0.29, 0.717) is 34.1 Å². The highest BCUT2D eigenvalue weighted by Gasteiger charge is 2.24.